The Hall–Kier alpha value is -2.89. The van der Waals surface area contributed by atoms with Crippen molar-refractivity contribution >= 4 is 40.6 Å². The maximum Gasteiger partial charge on any atom is 0.268 e. The summed E-state index contributed by atoms with van der Waals surface area (Å²) < 4.78 is 1.50. The number of Topliss-reactive ketones (excluding diaryl/α,β-unsaturated/α-hetero) is 1. The lowest BCUT2D eigenvalue weighted by Crippen LogP contribution is -2.37. The van der Waals surface area contributed by atoms with Gasteiger partial charge in [0.15, 0.2) is 5.78 Å². The van der Waals surface area contributed by atoms with Gasteiger partial charge in [-0.15, -0.1) is 0 Å². The highest BCUT2D eigenvalue weighted by atomic mass is 35.5. The molecule has 0 aliphatic heterocycles. The number of halogens is 2. The Morgan fingerprint density at radius 2 is 1.66 bits per heavy atom. The van der Waals surface area contributed by atoms with Crippen molar-refractivity contribution in [3.63, 3.8) is 0 Å². The second-order valence-corrected chi connectivity index (χ2v) is 9.73. The van der Waals surface area contributed by atoms with Crippen molar-refractivity contribution in [3.05, 3.63) is 91.3 Å². The number of benzene rings is 2. The molecule has 164 valence electrons. The van der Waals surface area contributed by atoms with E-state index in [1.54, 1.807) is 12.1 Å². The Morgan fingerprint density at radius 1 is 0.969 bits per heavy atom. The molecule has 0 unspecified atom stereocenters. The number of aromatic nitrogens is 1. The highest BCUT2D eigenvalue weighted by molar-refractivity contribution is 6.42. The molecule has 0 saturated carbocycles. The molecule has 7 heteroatoms. The van der Waals surface area contributed by atoms with Crippen molar-refractivity contribution in [2.24, 2.45) is 5.41 Å². The van der Waals surface area contributed by atoms with Gasteiger partial charge in [-0.1, -0.05) is 54.7 Å². The number of rotatable bonds is 3. The Morgan fingerprint density at radius 3 is 2.31 bits per heavy atom. The third-order valence-electron chi connectivity index (χ3n) is 5.60. The van der Waals surface area contributed by atoms with Crippen LogP contribution in [-0.4, -0.2) is 16.3 Å². The summed E-state index contributed by atoms with van der Waals surface area (Å²) in [6, 6.07) is 13.5. The number of ketones is 1. The first kappa shape index (κ1) is 22.3. The number of carbonyl (C=O) groups is 2. The van der Waals surface area contributed by atoms with Gasteiger partial charge >= 0.3 is 0 Å². The third-order valence-corrected chi connectivity index (χ3v) is 6.34. The SMILES string of the molecule is Cc1ccc(-n2c3c(cc(C(=O)Nc4ccc(Cl)c(Cl)c4)c2=O)C(=O)CC(C)(C)C3)cc1. The van der Waals surface area contributed by atoms with Crippen LogP contribution in [0.5, 0.6) is 0 Å². The molecule has 1 heterocycles. The fourth-order valence-corrected chi connectivity index (χ4v) is 4.31. The first-order valence-corrected chi connectivity index (χ1v) is 11.0. The van der Waals surface area contributed by atoms with Crippen LogP contribution in [0.1, 0.15) is 52.2 Å². The highest BCUT2D eigenvalue weighted by Crippen LogP contribution is 2.35. The van der Waals surface area contributed by atoms with Crippen LogP contribution in [0, 0.1) is 12.3 Å². The Kier molecular flexibility index (Phi) is 5.74. The zero-order valence-electron chi connectivity index (χ0n) is 18.0. The fourth-order valence-electron chi connectivity index (χ4n) is 4.02. The molecule has 0 spiro atoms. The van der Waals surface area contributed by atoms with Crippen molar-refractivity contribution in [1.82, 2.24) is 4.57 Å². The van der Waals surface area contributed by atoms with Crippen LogP contribution in [0.2, 0.25) is 10.0 Å². The summed E-state index contributed by atoms with van der Waals surface area (Å²) in [6.45, 7) is 5.96. The van der Waals surface area contributed by atoms with Gasteiger partial charge in [0.05, 0.1) is 10.0 Å². The number of carbonyl (C=O) groups excluding carboxylic acids is 2. The third kappa shape index (κ3) is 4.23. The molecule has 0 bridgehead atoms. The maximum atomic E-state index is 13.5. The highest BCUT2D eigenvalue weighted by Gasteiger charge is 2.35. The molecule has 0 atom stereocenters. The lowest BCUT2D eigenvalue weighted by molar-refractivity contribution is 0.0909. The standard InChI is InChI=1S/C25H22Cl2N2O3/c1-14-4-7-16(8-5-14)29-21-12-25(2,3)13-22(30)17(21)11-18(24(29)32)23(31)28-15-6-9-19(26)20(27)10-15/h4-11H,12-13H2,1-3H3,(H,28,31). The number of nitrogens with one attached hydrogen (secondary N) is 1. The second-order valence-electron chi connectivity index (χ2n) is 8.92. The van der Waals surface area contributed by atoms with Crippen LogP contribution in [-0.2, 0) is 6.42 Å². The number of hydrogen-bond donors (Lipinski definition) is 1. The molecule has 1 aromatic heterocycles. The normalized spacial score (nSPS) is 14.7. The van der Waals surface area contributed by atoms with Crippen LogP contribution in [0.25, 0.3) is 5.69 Å². The summed E-state index contributed by atoms with van der Waals surface area (Å²) in [6.07, 6.45) is 0.895. The number of anilines is 1. The van der Waals surface area contributed by atoms with E-state index < -0.39 is 11.5 Å². The van der Waals surface area contributed by atoms with Crippen molar-refractivity contribution in [3.8, 4) is 5.69 Å². The predicted octanol–water partition coefficient (Wildman–Crippen LogP) is 5.86. The smallest absolute Gasteiger partial charge is 0.268 e. The van der Waals surface area contributed by atoms with E-state index in [9.17, 15) is 14.4 Å². The molecule has 5 nitrogen and oxygen atoms in total. The van der Waals surface area contributed by atoms with Crippen molar-refractivity contribution in [1.29, 1.82) is 0 Å². The van der Waals surface area contributed by atoms with E-state index in [-0.39, 0.29) is 21.8 Å². The van der Waals surface area contributed by atoms with Crippen molar-refractivity contribution in [2.45, 2.75) is 33.6 Å². The first-order valence-electron chi connectivity index (χ1n) is 10.2. The van der Waals surface area contributed by atoms with E-state index in [1.807, 2.05) is 45.0 Å². The van der Waals surface area contributed by atoms with Gasteiger partial charge in [0, 0.05) is 29.1 Å². The molecule has 0 radical (unpaired) electrons. The van der Waals surface area contributed by atoms with Gasteiger partial charge in [0.25, 0.3) is 11.5 Å². The van der Waals surface area contributed by atoms with E-state index in [0.29, 0.717) is 40.5 Å². The molecule has 3 aromatic rings. The molecular weight excluding hydrogens is 447 g/mol. The fraction of sp³-hybridized carbons (Fsp3) is 0.240. The topological polar surface area (TPSA) is 68.2 Å². The van der Waals surface area contributed by atoms with Crippen LogP contribution in [0.15, 0.2) is 53.3 Å². The average molecular weight is 469 g/mol. The number of amides is 1. The van der Waals surface area contributed by atoms with Crippen LogP contribution >= 0.6 is 23.2 Å². The Balaban J connectivity index is 1.88. The van der Waals surface area contributed by atoms with E-state index in [2.05, 4.69) is 5.32 Å². The number of aryl methyl sites for hydroxylation is 1. The number of fused-ring (bicyclic) bond motifs is 1. The molecule has 32 heavy (non-hydrogen) atoms. The molecule has 1 aliphatic rings. The zero-order valence-corrected chi connectivity index (χ0v) is 19.5. The summed E-state index contributed by atoms with van der Waals surface area (Å²) in [7, 11) is 0. The number of hydrogen-bond acceptors (Lipinski definition) is 3. The second kappa shape index (κ2) is 8.23. The summed E-state index contributed by atoms with van der Waals surface area (Å²) >= 11 is 12.0. The Bertz CT molecular complexity index is 1310. The van der Waals surface area contributed by atoms with Gasteiger partial charge < -0.3 is 5.32 Å². The minimum atomic E-state index is -0.616. The molecule has 1 N–H and O–H groups in total. The van der Waals surface area contributed by atoms with Crippen LogP contribution in [0.4, 0.5) is 5.69 Å². The molecule has 1 amide bonds. The quantitative estimate of drug-likeness (QED) is 0.523. The van der Waals surface area contributed by atoms with E-state index in [1.165, 1.54) is 16.7 Å². The minimum Gasteiger partial charge on any atom is -0.322 e. The van der Waals surface area contributed by atoms with Gasteiger partial charge in [-0.25, -0.2) is 0 Å². The number of nitrogens with zero attached hydrogens (tertiary/aromatic N) is 1. The summed E-state index contributed by atoms with van der Waals surface area (Å²) in [5.74, 6) is -0.699. The van der Waals surface area contributed by atoms with Gasteiger partial charge in [-0.05, 0) is 55.2 Å². The molecule has 0 fully saturated rings. The Labute approximate surface area is 196 Å². The summed E-state index contributed by atoms with van der Waals surface area (Å²) in [5.41, 5.74) is 2.23. The zero-order chi connectivity index (χ0) is 23.2. The molecule has 2 aromatic carbocycles. The molecular formula is C25H22Cl2N2O3. The molecule has 4 rings (SSSR count). The summed E-state index contributed by atoms with van der Waals surface area (Å²) in [4.78, 5) is 39.6. The lowest BCUT2D eigenvalue weighted by Gasteiger charge is -2.32. The molecule has 1 aliphatic carbocycles. The van der Waals surface area contributed by atoms with Crippen molar-refractivity contribution in [2.75, 3.05) is 5.32 Å². The van der Waals surface area contributed by atoms with Crippen molar-refractivity contribution < 1.29 is 9.59 Å². The predicted molar refractivity (Wildman–Crippen MR) is 128 cm³/mol. The molecule has 0 saturated heterocycles. The van der Waals surface area contributed by atoms with Crippen LogP contribution in [0.3, 0.4) is 0 Å². The average Bonchev–Trinajstić information content (AvgIpc) is 2.70. The van der Waals surface area contributed by atoms with Gasteiger partial charge in [-0.2, -0.15) is 0 Å². The lowest BCUT2D eigenvalue weighted by atomic mass is 9.75. The first-order chi connectivity index (χ1) is 15.1. The minimum absolute atomic E-state index is 0.0827. The number of pyridine rings is 1. The van der Waals surface area contributed by atoms with E-state index in [4.69, 9.17) is 23.2 Å². The van der Waals surface area contributed by atoms with Gasteiger partial charge in [0.1, 0.15) is 5.56 Å². The van der Waals surface area contributed by atoms with E-state index >= 15 is 0 Å². The van der Waals surface area contributed by atoms with Crippen LogP contribution < -0.4 is 10.9 Å². The largest absolute Gasteiger partial charge is 0.322 e. The monoisotopic (exact) mass is 468 g/mol. The maximum absolute atomic E-state index is 13.5. The van der Waals surface area contributed by atoms with Gasteiger partial charge in [0.2, 0.25) is 0 Å². The van der Waals surface area contributed by atoms with E-state index in [0.717, 1.165) is 5.56 Å². The van der Waals surface area contributed by atoms with Gasteiger partial charge in [-0.3, -0.25) is 19.0 Å². The summed E-state index contributed by atoms with van der Waals surface area (Å²) in [5, 5.41) is 3.32.